The summed E-state index contributed by atoms with van der Waals surface area (Å²) in [6, 6.07) is 6.71. The maximum absolute atomic E-state index is 11.3. The fraction of sp³-hybridized carbons (Fsp3) is 0.100. The Kier molecular flexibility index (Phi) is 2.10. The number of nitrogens with zero attached hydrogens (tertiary/aromatic N) is 2. The molecule has 0 fully saturated rings. The summed E-state index contributed by atoms with van der Waals surface area (Å²) in [7, 11) is 0. The van der Waals surface area contributed by atoms with Crippen LogP contribution >= 0.6 is 0 Å². The van der Waals surface area contributed by atoms with E-state index >= 15 is 0 Å². The first-order valence-corrected chi connectivity index (χ1v) is 4.22. The number of hydrogen-bond acceptors (Lipinski definition) is 3. The van der Waals surface area contributed by atoms with E-state index in [4.69, 9.17) is 0 Å². The van der Waals surface area contributed by atoms with Crippen LogP contribution < -0.4 is 5.01 Å². The van der Waals surface area contributed by atoms with Crippen LogP contribution in [-0.4, -0.2) is 18.4 Å². The van der Waals surface area contributed by atoms with Crippen LogP contribution in [0.1, 0.15) is 16.8 Å². The Morgan fingerprint density at radius 3 is 2.50 bits per heavy atom. The van der Waals surface area contributed by atoms with Crippen molar-refractivity contribution in [2.45, 2.75) is 6.42 Å². The molecule has 0 unspecified atom stereocenters. The molecule has 0 atom stereocenters. The molecule has 0 bridgehead atoms. The van der Waals surface area contributed by atoms with Gasteiger partial charge in [0.25, 0.3) is 5.91 Å². The first kappa shape index (κ1) is 8.62. The van der Waals surface area contributed by atoms with E-state index in [1.807, 2.05) is 0 Å². The zero-order chi connectivity index (χ0) is 9.97. The van der Waals surface area contributed by atoms with Crippen molar-refractivity contribution < 1.29 is 9.59 Å². The van der Waals surface area contributed by atoms with Crippen LogP contribution in [0.4, 0.5) is 5.69 Å². The summed E-state index contributed by atoms with van der Waals surface area (Å²) in [5.74, 6) is -0.0520. The highest BCUT2D eigenvalue weighted by molar-refractivity contribution is 6.05. The Labute approximate surface area is 80.8 Å². The van der Waals surface area contributed by atoms with Gasteiger partial charge in [0.2, 0.25) is 0 Å². The van der Waals surface area contributed by atoms with Crippen LogP contribution in [0, 0.1) is 0 Å². The van der Waals surface area contributed by atoms with Crippen LogP contribution in [0.25, 0.3) is 0 Å². The number of hydrogen-bond donors (Lipinski definition) is 0. The highest BCUT2D eigenvalue weighted by atomic mass is 16.2. The number of carbonyl (C=O) groups is 2. The summed E-state index contributed by atoms with van der Waals surface area (Å²) < 4.78 is 0. The third-order valence-electron chi connectivity index (χ3n) is 1.97. The maximum atomic E-state index is 11.3. The summed E-state index contributed by atoms with van der Waals surface area (Å²) in [6.07, 6.45) is 2.67. The van der Waals surface area contributed by atoms with Crippen molar-refractivity contribution in [3.8, 4) is 0 Å². The molecule has 1 aromatic carbocycles. The van der Waals surface area contributed by atoms with Crippen LogP contribution in [-0.2, 0) is 4.79 Å². The minimum Gasteiger partial charge on any atom is -0.298 e. The first-order valence-electron chi connectivity index (χ1n) is 4.22. The van der Waals surface area contributed by atoms with Crippen LogP contribution in [0.3, 0.4) is 0 Å². The molecule has 0 N–H and O–H groups in total. The third kappa shape index (κ3) is 1.42. The quantitative estimate of drug-likeness (QED) is 0.655. The molecular weight excluding hydrogens is 180 g/mol. The van der Waals surface area contributed by atoms with Gasteiger partial charge in [-0.2, -0.15) is 5.10 Å². The van der Waals surface area contributed by atoms with Crippen molar-refractivity contribution in [1.29, 1.82) is 0 Å². The Hall–Kier alpha value is -1.97. The topological polar surface area (TPSA) is 49.7 Å². The lowest BCUT2D eigenvalue weighted by Gasteiger charge is -2.11. The molecule has 0 saturated carbocycles. The highest BCUT2D eigenvalue weighted by Gasteiger charge is 2.17. The largest absolute Gasteiger partial charge is 0.298 e. The highest BCUT2D eigenvalue weighted by Crippen LogP contribution is 2.18. The predicted molar refractivity (Wildman–Crippen MR) is 52.4 cm³/mol. The van der Waals surface area contributed by atoms with E-state index in [0.29, 0.717) is 17.7 Å². The second-order valence-electron chi connectivity index (χ2n) is 2.92. The number of carbonyl (C=O) groups excluding carboxylic acids is 2. The Balaban J connectivity index is 2.28. The molecule has 0 saturated heterocycles. The average Bonchev–Trinajstić information content (AvgIpc) is 2.65. The Bertz CT molecular complexity index is 395. The molecule has 0 spiro atoms. The standard InChI is InChI=1S/C10H8N2O2/c13-7-8-1-3-9(4-2-8)12-10(14)5-6-11-12/h1-4,6-7H,5H2. The number of rotatable bonds is 2. The van der Waals surface area contributed by atoms with E-state index in [9.17, 15) is 9.59 Å². The van der Waals surface area contributed by atoms with E-state index in [-0.39, 0.29) is 5.91 Å². The fourth-order valence-corrected chi connectivity index (χ4v) is 1.26. The molecule has 14 heavy (non-hydrogen) atoms. The van der Waals surface area contributed by atoms with Gasteiger partial charge in [0.15, 0.2) is 0 Å². The van der Waals surface area contributed by atoms with Gasteiger partial charge in [-0.1, -0.05) is 0 Å². The monoisotopic (exact) mass is 188 g/mol. The Morgan fingerprint density at radius 2 is 2.00 bits per heavy atom. The minimum atomic E-state index is -0.0520. The lowest BCUT2D eigenvalue weighted by Crippen LogP contribution is -2.19. The van der Waals surface area contributed by atoms with Gasteiger partial charge in [-0.05, 0) is 24.3 Å². The van der Waals surface area contributed by atoms with Crippen molar-refractivity contribution in [3.63, 3.8) is 0 Å². The second kappa shape index (κ2) is 3.41. The zero-order valence-corrected chi connectivity index (χ0v) is 7.38. The van der Waals surface area contributed by atoms with Crippen molar-refractivity contribution in [3.05, 3.63) is 29.8 Å². The SMILES string of the molecule is O=Cc1ccc(N2N=CCC2=O)cc1. The summed E-state index contributed by atoms with van der Waals surface area (Å²) in [4.78, 5) is 21.7. The molecular formula is C10H8N2O2. The second-order valence-corrected chi connectivity index (χ2v) is 2.92. The van der Waals surface area contributed by atoms with Gasteiger partial charge in [-0.25, -0.2) is 5.01 Å². The molecule has 1 heterocycles. The first-order chi connectivity index (χ1) is 6.81. The average molecular weight is 188 g/mol. The van der Waals surface area contributed by atoms with Gasteiger partial charge in [0, 0.05) is 11.8 Å². The molecule has 1 aliphatic rings. The molecule has 1 aromatic rings. The number of hydrazone groups is 1. The molecule has 70 valence electrons. The molecule has 0 aliphatic carbocycles. The lowest BCUT2D eigenvalue weighted by molar-refractivity contribution is -0.116. The molecule has 4 heteroatoms. The van der Waals surface area contributed by atoms with E-state index in [1.54, 1.807) is 30.5 Å². The normalized spacial score (nSPS) is 14.9. The molecule has 1 aliphatic heterocycles. The van der Waals surface area contributed by atoms with Gasteiger partial charge < -0.3 is 0 Å². The summed E-state index contributed by atoms with van der Waals surface area (Å²) in [5, 5.41) is 5.24. The zero-order valence-electron chi connectivity index (χ0n) is 7.38. The smallest absolute Gasteiger partial charge is 0.252 e. The van der Waals surface area contributed by atoms with Gasteiger partial charge in [0.1, 0.15) is 6.29 Å². The number of benzene rings is 1. The number of amides is 1. The minimum absolute atomic E-state index is 0.0520. The van der Waals surface area contributed by atoms with Crippen LogP contribution in [0.2, 0.25) is 0 Å². The maximum Gasteiger partial charge on any atom is 0.252 e. The summed E-state index contributed by atoms with van der Waals surface area (Å²) >= 11 is 0. The van der Waals surface area contributed by atoms with E-state index < -0.39 is 0 Å². The van der Waals surface area contributed by atoms with Gasteiger partial charge in [-0.3, -0.25) is 9.59 Å². The fourth-order valence-electron chi connectivity index (χ4n) is 1.26. The van der Waals surface area contributed by atoms with E-state index in [1.165, 1.54) is 5.01 Å². The lowest BCUT2D eigenvalue weighted by atomic mass is 10.2. The van der Waals surface area contributed by atoms with Crippen molar-refractivity contribution in [2.75, 3.05) is 5.01 Å². The van der Waals surface area contributed by atoms with Crippen molar-refractivity contribution in [1.82, 2.24) is 0 Å². The Morgan fingerprint density at radius 1 is 1.29 bits per heavy atom. The summed E-state index contributed by atoms with van der Waals surface area (Å²) in [6.45, 7) is 0. The predicted octanol–water partition coefficient (Wildman–Crippen LogP) is 1.22. The van der Waals surface area contributed by atoms with Crippen LogP contribution in [0.15, 0.2) is 29.4 Å². The van der Waals surface area contributed by atoms with Gasteiger partial charge in [0.05, 0.1) is 12.1 Å². The van der Waals surface area contributed by atoms with Gasteiger partial charge in [-0.15, -0.1) is 0 Å². The molecule has 0 aromatic heterocycles. The van der Waals surface area contributed by atoms with E-state index in [0.717, 1.165) is 6.29 Å². The molecule has 1 amide bonds. The number of anilines is 1. The van der Waals surface area contributed by atoms with Gasteiger partial charge >= 0.3 is 0 Å². The van der Waals surface area contributed by atoms with Crippen molar-refractivity contribution >= 4 is 24.1 Å². The molecule has 0 radical (unpaired) electrons. The third-order valence-corrected chi connectivity index (χ3v) is 1.97. The number of aldehydes is 1. The van der Waals surface area contributed by atoms with Crippen LogP contribution in [0.5, 0.6) is 0 Å². The molecule has 4 nitrogen and oxygen atoms in total. The summed E-state index contributed by atoms with van der Waals surface area (Å²) in [5.41, 5.74) is 1.28. The molecule has 2 rings (SSSR count). The van der Waals surface area contributed by atoms with Crippen molar-refractivity contribution in [2.24, 2.45) is 5.10 Å². The van der Waals surface area contributed by atoms with E-state index in [2.05, 4.69) is 5.10 Å².